The number of fused-ring (bicyclic) bond motifs is 1. The molecule has 4 heterocycles. The summed E-state index contributed by atoms with van der Waals surface area (Å²) in [4.78, 5) is 18.7. The average Bonchev–Trinajstić information content (AvgIpc) is 3.25. The molecular weight excluding hydrogens is 370 g/mol. The van der Waals surface area contributed by atoms with Gasteiger partial charge in [0.1, 0.15) is 4.90 Å². The Hall–Kier alpha value is -2.79. The van der Waals surface area contributed by atoms with E-state index in [4.69, 9.17) is 0 Å². The highest BCUT2D eigenvalue weighted by molar-refractivity contribution is 7.89. The number of hydrogen-bond donors (Lipinski definition) is 0. The van der Waals surface area contributed by atoms with E-state index in [2.05, 4.69) is 15.2 Å². The second-order valence-electron chi connectivity index (χ2n) is 6.37. The van der Waals surface area contributed by atoms with Gasteiger partial charge in [0.2, 0.25) is 10.0 Å². The summed E-state index contributed by atoms with van der Waals surface area (Å²) in [6.45, 7) is 2.79. The minimum atomic E-state index is -3.62. The van der Waals surface area contributed by atoms with E-state index in [0.717, 1.165) is 0 Å². The fourth-order valence-electron chi connectivity index (χ4n) is 3.10. The van der Waals surface area contributed by atoms with E-state index in [1.807, 2.05) is 0 Å². The third-order valence-corrected chi connectivity index (χ3v) is 6.79. The predicted octanol–water partition coefficient (Wildman–Crippen LogP) is -0.0821. The van der Waals surface area contributed by atoms with E-state index in [-0.39, 0.29) is 23.9 Å². The first-order valence-electron chi connectivity index (χ1n) is 8.46. The Bertz CT molecular complexity index is 1080. The van der Waals surface area contributed by atoms with Crippen molar-refractivity contribution >= 4 is 21.6 Å². The van der Waals surface area contributed by atoms with Crippen LogP contribution in [0.2, 0.25) is 0 Å². The summed E-state index contributed by atoms with van der Waals surface area (Å²) in [5, 5.41) is 8.25. The van der Waals surface area contributed by atoms with Gasteiger partial charge in [-0.1, -0.05) is 0 Å². The molecule has 0 radical (unpaired) electrons. The Morgan fingerprint density at radius 1 is 1.19 bits per heavy atom. The molecule has 0 N–H and O–H groups in total. The molecule has 0 aromatic carbocycles. The standard InChI is InChI=1S/C16H19N7O3S/c1-12-14(11-18-20(12)2)27(25,26)22-8-6-21(7-9-22)16(24)13-10-15-17-4-3-5-23(15)19-13/h3-5,10-11H,6-9H2,1-2H3. The number of hydrogen-bond acceptors (Lipinski definition) is 6. The lowest BCUT2D eigenvalue weighted by Gasteiger charge is -2.33. The second-order valence-corrected chi connectivity index (χ2v) is 8.27. The van der Waals surface area contributed by atoms with Crippen molar-refractivity contribution in [1.82, 2.24) is 33.6 Å². The van der Waals surface area contributed by atoms with Gasteiger partial charge in [0.05, 0.1) is 11.9 Å². The Balaban J connectivity index is 1.48. The first kappa shape index (κ1) is 17.6. The Morgan fingerprint density at radius 2 is 1.93 bits per heavy atom. The summed E-state index contributed by atoms with van der Waals surface area (Å²) in [6.07, 6.45) is 4.72. The molecule has 1 fully saturated rings. The number of amides is 1. The summed E-state index contributed by atoms with van der Waals surface area (Å²) >= 11 is 0. The highest BCUT2D eigenvalue weighted by Crippen LogP contribution is 2.21. The van der Waals surface area contributed by atoms with Crippen LogP contribution in [0.25, 0.3) is 5.65 Å². The average molecular weight is 389 g/mol. The third kappa shape index (κ3) is 2.98. The van der Waals surface area contributed by atoms with Crippen molar-refractivity contribution in [3.05, 3.63) is 42.1 Å². The second kappa shape index (κ2) is 6.43. The van der Waals surface area contributed by atoms with Gasteiger partial charge in [-0.15, -0.1) is 0 Å². The first-order chi connectivity index (χ1) is 12.9. The fraction of sp³-hybridized carbons (Fsp3) is 0.375. The van der Waals surface area contributed by atoms with Crippen molar-refractivity contribution in [3.63, 3.8) is 0 Å². The van der Waals surface area contributed by atoms with Gasteiger partial charge in [0.25, 0.3) is 5.91 Å². The normalized spacial score (nSPS) is 16.1. The lowest BCUT2D eigenvalue weighted by Crippen LogP contribution is -2.50. The largest absolute Gasteiger partial charge is 0.335 e. The van der Waals surface area contributed by atoms with Gasteiger partial charge in [0, 0.05) is 51.7 Å². The molecule has 10 nitrogen and oxygen atoms in total. The van der Waals surface area contributed by atoms with Crippen molar-refractivity contribution in [2.45, 2.75) is 11.8 Å². The molecule has 11 heteroatoms. The van der Waals surface area contributed by atoms with Crippen LogP contribution in [0, 0.1) is 6.92 Å². The minimum absolute atomic E-state index is 0.205. The van der Waals surface area contributed by atoms with Gasteiger partial charge in [-0.2, -0.15) is 14.5 Å². The van der Waals surface area contributed by atoms with Crippen LogP contribution < -0.4 is 0 Å². The van der Waals surface area contributed by atoms with Gasteiger partial charge in [-0.25, -0.2) is 17.9 Å². The van der Waals surface area contributed by atoms with Crippen LogP contribution >= 0.6 is 0 Å². The van der Waals surface area contributed by atoms with Crippen LogP contribution in [-0.2, 0) is 17.1 Å². The Kier molecular flexibility index (Phi) is 4.19. The molecule has 142 valence electrons. The maximum Gasteiger partial charge on any atom is 0.274 e. The van der Waals surface area contributed by atoms with Crippen LogP contribution in [0.15, 0.2) is 35.6 Å². The van der Waals surface area contributed by atoms with Crippen molar-refractivity contribution < 1.29 is 13.2 Å². The predicted molar refractivity (Wildman–Crippen MR) is 95.6 cm³/mol. The molecule has 27 heavy (non-hydrogen) atoms. The van der Waals surface area contributed by atoms with Crippen molar-refractivity contribution in [1.29, 1.82) is 0 Å². The van der Waals surface area contributed by atoms with Crippen LogP contribution in [0.5, 0.6) is 0 Å². The highest BCUT2D eigenvalue weighted by atomic mass is 32.2. The van der Waals surface area contributed by atoms with Crippen LogP contribution in [0.1, 0.15) is 16.2 Å². The first-order valence-corrected chi connectivity index (χ1v) is 9.90. The van der Waals surface area contributed by atoms with Crippen LogP contribution in [0.4, 0.5) is 0 Å². The van der Waals surface area contributed by atoms with Crippen molar-refractivity contribution in [2.24, 2.45) is 7.05 Å². The van der Waals surface area contributed by atoms with E-state index >= 15 is 0 Å². The molecule has 4 rings (SSSR count). The maximum atomic E-state index is 12.8. The molecule has 0 saturated carbocycles. The number of carbonyl (C=O) groups excluding carboxylic acids is 1. The van der Waals surface area contributed by atoms with E-state index in [1.54, 1.807) is 47.9 Å². The molecule has 1 saturated heterocycles. The zero-order valence-electron chi connectivity index (χ0n) is 15.0. The summed E-state index contributed by atoms with van der Waals surface area (Å²) in [5.41, 5.74) is 1.48. The highest BCUT2D eigenvalue weighted by Gasteiger charge is 2.33. The summed E-state index contributed by atoms with van der Waals surface area (Å²) in [7, 11) is -1.92. The number of nitrogens with zero attached hydrogens (tertiary/aromatic N) is 7. The minimum Gasteiger partial charge on any atom is -0.335 e. The summed E-state index contributed by atoms with van der Waals surface area (Å²) in [6, 6.07) is 3.36. The number of aryl methyl sites for hydroxylation is 1. The molecule has 0 spiro atoms. The van der Waals surface area contributed by atoms with Gasteiger partial charge >= 0.3 is 0 Å². The quantitative estimate of drug-likeness (QED) is 0.620. The lowest BCUT2D eigenvalue weighted by molar-refractivity contribution is 0.0691. The number of aromatic nitrogens is 5. The molecule has 0 unspecified atom stereocenters. The number of carbonyl (C=O) groups is 1. The molecule has 1 aliphatic rings. The van der Waals surface area contributed by atoms with Crippen molar-refractivity contribution in [3.8, 4) is 0 Å². The van der Waals surface area contributed by atoms with Gasteiger partial charge in [-0.05, 0) is 13.0 Å². The summed E-state index contributed by atoms with van der Waals surface area (Å²) in [5.74, 6) is -0.227. The van der Waals surface area contributed by atoms with E-state index in [1.165, 1.54) is 15.2 Å². The Labute approximate surface area is 156 Å². The molecule has 1 aliphatic heterocycles. The molecule has 0 atom stereocenters. The topological polar surface area (TPSA) is 106 Å². The van der Waals surface area contributed by atoms with Gasteiger partial charge in [-0.3, -0.25) is 9.48 Å². The SMILES string of the molecule is Cc1c(S(=O)(=O)N2CCN(C(=O)c3cc4ncccn4n3)CC2)cnn1C. The Morgan fingerprint density at radius 3 is 2.56 bits per heavy atom. The third-order valence-electron chi connectivity index (χ3n) is 4.79. The van der Waals surface area contributed by atoms with Gasteiger partial charge in [0.15, 0.2) is 11.3 Å². The van der Waals surface area contributed by atoms with Crippen molar-refractivity contribution in [2.75, 3.05) is 26.2 Å². The fourth-order valence-corrected chi connectivity index (χ4v) is 4.71. The van der Waals surface area contributed by atoms with E-state index < -0.39 is 10.0 Å². The molecule has 0 bridgehead atoms. The zero-order chi connectivity index (χ0) is 19.2. The molecular formula is C16H19N7O3S. The van der Waals surface area contributed by atoms with E-state index in [0.29, 0.717) is 30.1 Å². The number of piperazine rings is 1. The monoisotopic (exact) mass is 389 g/mol. The smallest absolute Gasteiger partial charge is 0.274 e. The molecule has 3 aromatic heterocycles. The lowest BCUT2D eigenvalue weighted by atomic mass is 10.3. The van der Waals surface area contributed by atoms with E-state index in [9.17, 15) is 13.2 Å². The number of sulfonamides is 1. The maximum absolute atomic E-state index is 12.8. The molecule has 1 amide bonds. The molecule has 3 aromatic rings. The van der Waals surface area contributed by atoms with Crippen LogP contribution in [-0.4, -0.2) is 74.1 Å². The van der Waals surface area contributed by atoms with Gasteiger partial charge < -0.3 is 4.90 Å². The summed E-state index contributed by atoms with van der Waals surface area (Å²) < 4.78 is 30.1. The molecule has 0 aliphatic carbocycles. The van der Waals surface area contributed by atoms with Crippen LogP contribution in [0.3, 0.4) is 0 Å². The number of rotatable bonds is 3. The zero-order valence-corrected chi connectivity index (χ0v) is 15.8.